The van der Waals surface area contributed by atoms with E-state index in [1.165, 1.54) is 25.7 Å². The molecule has 2 atom stereocenters. The van der Waals surface area contributed by atoms with Crippen LogP contribution < -0.4 is 0 Å². The van der Waals surface area contributed by atoms with E-state index in [0.29, 0.717) is 19.3 Å². The fraction of sp³-hybridized carbons (Fsp3) is 0.619. The molecule has 0 heterocycles. The van der Waals surface area contributed by atoms with Crippen molar-refractivity contribution < 1.29 is 43.0 Å². The van der Waals surface area contributed by atoms with E-state index in [-0.39, 0.29) is 19.4 Å². The van der Waals surface area contributed by atoms with Crippen LogP contribution in [0.25, 0.3) is 0 Å². The lowest BCUT2D eigenvalue weighted by Gasteiger charge is -2.18. The molecule has 0 aliphatic rings. The molecule has 0 fully saturated rings. The molecule has 0 aromatic carbocycles. The third kappa shape index (κ3) is 38.4. The summed E-state index contributed by atoms with van der Waals surface area (Å²) in [5, 5.41) is 10.2. The summed E-state index contributed by atoms with van der Waals surface area (Å²) >= 11 is 0. The quantitative estimate of drug-likeness (QED) is 0.0193. The molecule has 0 bridgehead atoms. The molecular weight excluding hydrogens is 679 g/mol. The molecule has 0 aliphatic heterocycles. The number of phosphoric acid groups is 1. The van der Waals surface area contributed by atoms with E-state index in [4.69, 9.17) is 19.3 Å². The molecule has 10 heteroatoms. The average Bonchev–Trinajstić information content (AvgIpc) is 3.10. The van der Waals surface area contributed by atoms with Gasteiger partial charge < -0.3 is 24.4 Å². The number of hydrogen-bond acceptors (Lipinski definition) is 7. The maximum Gasteiger partial charge on any atom is 0.469 e. The van der Waals surface area contributed by atoms with Crippen LogP contribution >= 0.6 is 7.82 Å². The Hall–Kier alpha value is -2.81. The van der Waals surface area contributed by atoms with E-state index in [1.54, 1.807) is 12.2 Å². The average molecular weight is 749 g/mol. The Balaban J connectivity index is 4.20. The normalized spacial score (nSPS) is 14.0. The number of hydrogen-bond donors (Lipinski definition) is 3. The lowest BCUT2D eigenvalue weighted by Crippen LogP contribution is -2.29. The molecule has 0 spiro atoms. The molecule has 1 unspecified atom stereocenters. The Morgan fingerprint density at radius 2 is 1.15 bits per heavy atom. The highest BCUT2D eigenvalue weighted by molar-refractivity contribution is 7.46. The van der Waals surface area contributed by atoms with Gasteiger partial charge in [-0.2, -0.15) is 0 Å². The van der Waals surface area contributed by atoms with Crippen LogP contribution in [0.1, 0.15) is 142 Å². The van der Waals surface area contributed by atoms with Crippen molar-refractivity contribution in [3.8, 4) is 0 Å². The van der Waals surface area contributed by atoms with Crippen molar-refractivity contribution in [1.29, 1.82) is 0 Å². The fourth-order valence-corrected chi connectivity index (χ4v) is 5.20. The Bertz CT molecular complexity index is 1130. The Labute approximate surface area is 314 Å². The van der Waals surface area contributed by atoms with Crippen molar-refractivity contribution in [2.75, 3.05) is 13.2 Å². The Morgan fingerprint density at radius 1 is 0.615 bits per heavy atom. The van der Waals surface area contributed by atoms with Crippen molar-refractivity contribution in [3.05, 3.63) is 85.1 Å². The third-order valence-corrected chi connectivity index (χ3v) is 8.24. The fourth-order valence-electron chi connectivity index (χ4n) is 4.84. The zero-order valence-electron chi connectivity index (χ0n) is 32.0. The van der Waals surface area contributed by atoms with Gasteiger partial charge in [0, 0.05) is 12.8 Å². The minimum absolute atomic E-state index is 0.0257. The second-order valence-electron chi connectivity index (χ2n) is 12.7. The van der Waals surface area contributed by atoms with Crippen LogP contribution in [0.5, 0.6) is 0 Å². The predicted molar refractivity (Wildman–Crippen MR) is 213 cm³/mol. The number of unbranched alkanes of at least 4 members (excludes halogenated alkanes) is 9. The van der Waals surface area contributed by atoms with Crippen LogP contribution in [0.2, 0.25) is 0 Å². The molecule has 296 valence electrons. The van der Waals surface area contributed by atoms with E-state index in [9.17, 15) is 19.3 Å². The van der Waals surface area contributed by atoms with E-state index in [0.717, 1.165) is 70.6 Å². The predicted octanol–water partition coefficient (Wildman–Crippen LogP) is 10.6. The number of allylic oxidation sites excluding steroid dienone is 13. The summed E-state index contributed by atoms with van der Waals surface area (Å²) < 4.78 is 26.2. The van der Waals surface area contributed by atoms with E-state index < -0.39 is 38.6 Å². The maximum absolute atomic E-state index is 12.4. The Morgan fingerprint density at radius 3 is 1.77 bits per heavy atom. The van der Waals surface area contributed by atoms with Crippen LogP contribution in [-0.2, 0) is 28.2 Å². The van der Waals surface area contributed by atoms with Gasteiger partial charge in [0.25, 0.3) is 0 Å². The van der Waals surface area contributed by atoms with E-state index in [1.807, 2.05) is 12.2 Å². The van der Waals surface area contributed by atoms with E-state index >= 15 is 0 Å². The molecule has 9 nitrogen and oxygen atoms in total. The summed E-state index contributed by atoms with van der Waals surface area (Å²) in [6.07, 6.45) is 44.7. The van der Waals surface area contributed by atoms with Crippen LogP contribution in [0.3, 0.4) is 0 Å². The SMILES string of the molecule is CC/C=C\C/C=C\C/C=C\C/C=C\C=C\C(O)CCCC(=O)O[C@H](COC(=O)CCCCCCCC/C=C\C/C=C\CCCCC)COP(=O)(O)O. The van der Waals surface area contributed by atoms with Crippen LogP contribution in [0.15, 0.2) is 85.1 Å². The van der Waals surface area contributed by atoms with Gasteiger partial charge in [-0.3, -0.25) is 14.1 Å². The number of phosphoric ester groups is 1. The monoisotopic (exact) mass is 748 g/mol. The van der Waals surface area contributed by atoms with Gasteiger partial charge in [-0.15, -0.1) is 0 Å². The number of esters is 2. The topological polar surface area (TPSA) is 140 Å². The number of carbonyl (C=O) groups excluding carboxylic acids is 2. The van der Waals surface area contributed by atoms with Gasteiger partial charge in [-0.05, 0) is 77.0 Å². The summed E-state index contributed by atoms with van der Waals surface area (Å²) in [5.41, 5.74) is 0. The summed E-state index contributed by atoms with van der Waals surface area (Å²) in [7, 11) is -4.81. The minimum Gasteiger partial charge on any atom is -0.462 e. The zero-order valence-corrected chi connectivity index (χ0v) is 32.9. The van der Waals surface area contributed by atoms with Crippen molar-refractivity contribution >= 4 is 19.8 Å². The van der Waals surface area contributed by atoms with Gasteiger partial charge in [-0.1, -0.05) is 137 Å². The van der Waals surface area contributed by atoms with Crippen LogP contribution in [-0.4, -0.2) is 52.3 Å². The molecule has 0 amide bonds. The summed E-state index contributed by atoms with van der Waals surface area (Å²) in [6.45, 7) is 3.35. The highest BCUT2D eigenvalue weighted by Gasteiger charge is 2.23. The van der Waals surface area contributed by atoms with Gasteiger partial charge in [0.05, 0.1) is 12.7 Å². The highest BCUT2D eigenvalue weighted by atomic mass is 31.2. The molecule has 0 aromatic rings. The largest absolute Gasteiger partial charge is 0.469 e. The number of rotatable bonds is 34. The first-order valence-corrected chi connectivity index (χ1v) is 21.0. The third-order valence-electron chi connectivity index (χ3n) is 7.75. The van der Waals surface area contributed by atoms with Gasteiger partial charge in [0.1, 0.15) is 6.61 Å². The smallest absolute Gasteiger partial charge is 0.462 e. The molecule has 0 saturated heterocycles. The van der Waals surface area contributed by atoms with Gasteiger partial charge in [0.2, 0.25) is 0 Å². The molecule has 0 saturated carbocycles. The summed E-state index contributed by atoms with van der Waals surface area (Å²) in [5.74, 6) is -1.11. The number of carbonyl (C=O) groups is 2. The molecule has 3 N–H and O–H groups in total. The molecule has 0 aliphatic carbocycles. The number of aliphatic hydroxyl groups is 1. The summed E-state index contributed by atoms with van der Waals surface area (Å²) in [4.78, 5) is 42.8. The maximum atomic E-state index is 12.4. The second-order valence-corrected chi connectivity index (χ2v) is 14.0. The first-order chi connectivity index (χ1) is 25.2. The Kier molecular flexibility index (Phi) is 34.6. The summed E-state index contributed by atoms with van der Waals surface area (Å²) in [6, 6.07) is 0. The van der Waals surface area contributed by atoms with Gasteiger partial charge >= 0.3 is 19.8 Å². The molecule has 0 radical (unpaired) electrons. The number of aliphatic hydroxyl groups excluding tert-OH is 1. The van der Waals surface area contributed by atoms with Crippen LogP contribution in [0, 0.1) is 0 Å². The van der Waals surface area contributed by atoms with Crippen molar-refractivity contribution in [2.24, 2.45) is 0 Å². The van der Waals surface area contributed by atoms with Crippen LogP contribution in [0.4, 0.5) is 0 Å². The lowest BCUT2D eigenvalue weighted by atomic mass is 10.1. The minimum atomic E-state index is -4.81. The number of ether oxygens (including phenoxy) is 2. The van der Waals surface area contributed by atoms with Gasteiger partial charge in [-0.25, -0.2) is 4.57 Å². The standard InChI is InChI=1S/C42H69O9P/c1-3-5-7-9-11-13-15-17-18-19-21-23-25-27-29-31-35-41(44)49-37-40(38-50-52(46,47)48)51-42(45)36-32-34-39(43)33-30-28-26-24-22-20-16-14-12-10-8-6-4-2/h6,8,11-14,17-18,20,22,26,28,30,33,39-40,43H,3-5,7,9-10,15-16,19,21,23-25,27,29,31-32,34-38H2,1-2H3,(H2,46,47,48)/b8-6-,13-11-,14-12-,18-17-,22-20-,28-26-,33-30+/t39?,40-/m1/s1. The molecule has 52 heavy (non-hydrogen) atoms. The van der Waals surface area contributed by atoms with Crippen molar-refractivity contribution in [3.63, 3.8) is 0 Å². The first kappa shape index (κ1) is 49.2. The van der Waals surface area contributed by atoms with Crippen molar-refractivity contribution in [2.45, 2.75) is 154 Å². The van der Waals surface area contributed by atoms with E-state index in [2.05, 4.69) is 79.1 Å². The zero-order chi connectivity index (χ0) is 38.4. The molecule has 0 rings (SSSR count). The lowest BCUT2D eigenvalue weighted by molar-refractivity contribution is -0.161. The molecule has 0 aromatic heterocycles. The first-order valence-electron chi connectivity index (χ1n) is 19.5. The van der Waals surface area contributed by atoms with Crippen molar-refractivity contribution in [1.82, 2.24) is 0 Å². The second kappa shape index (κ2) is 36.5. The highest BCUT2D eigenvalue weighted by Crippen LogP contribution is 2.36. The molecular formula is C42H69O9P. The van der Waals surface area contributed by atoms with Gasteiger partial charge in [0.15, 0.2) is 6.10 Å².